The Hall–Kier alpha value is -1.23. The predicted molar refractivity (Wildman–Crippen MR) is 84.6 cm³/mol. The number of nitrogens with zero attached hydrogens (tertiary/aromatic N) is 3. The van der Waals surface area contributed by atoms with Gasteiger partial charge in [-0.15, -0.1) is 0 Å². The van der Waals surface area contributed by atoms with E-state index in [1.54, 1.807) is 12.3 Å². The van der Waals surface area contributed by atoms with E-state index >= 15 is 0 Å². The molecule has 110 valence electrons. The van der Waals surface area contributed by atoms with E-state index in [0.29, 0.717) is 34.0 Å². The second kappa shape index (κ2) is 5.87. The van der Waals surface area contributed by atoms with Crippen molar-refractivity contribution in [3.05, 3.63) is 39.3 Å². The number of rotatable bonds is 2. The van der Waals surface area contributed by atoms with E-state index in [9.17, 15) is 0 Å². The highest BCUT2D eigenvalue weighted by molar-refractivity contribution is 6.35. The van der Waals surface area contributed by atoms with Crippen molar-refractivity contribution in [1.82, 2.24) is 15.0 Å². The Morgan fingerprint density at radius 3 is 2.86 bits per heavy atom. The van der Waals surface area contributed by atoms with Gasteiger partial charge in [-0.3, -0.25) is 0 Å². The first-order chi connectivity index (χ1) is 10.1. The Labute approximate surface area is 133 Å². The van der Waals surface area contributed by atoms with E-state index in [1.165, 1.54) is 5.56 Å². The first-order valence-electron chi connectivity index (χ1n) is 6.96. The van der Waals surface area contributed by atoms with Gasteiger partial charge in [0.1, 0.15) is 5.69 Å². The van der Waals surface area contributed by atoms with Crippen LogP contribution in [0.2, 0.25) is 10.0 Å². The van der Waals surface area contributed by atoms with Crippen LogP contribution < -0.4 is 5.73 Å². The molecule has 2 aromatic rings. The molecule has 0 bridgehead atoms. The number of hydrogen-bond donors (Lipinski definition) is 1. The summed E-state index contributed by atoms with van der Waals surface area (Å²) in [6, 6.07) is 1.66. The molecule has 1 unspecified atom stereocenters. The van der Waals surface area contributed by atoms with Gasteiger partial charge in [-0.05, 0) is 50.3 Å². The number of pyridine rings is 1. The number of halogens is 2. The minimum Gasteiger partial charge on any atom is -0.330 e. The predicted octanol–water partition coefficient (Wildman–Crippen LogP) is 3.22. The maximum Gasteiger partial charge on any atom is 0.180 e. The zero-order valence-corrected chi connectivity index (χ0v) is 13.2. The highest BCUT2D eigenvalue weighted by atomic mass is 35.5. The molecule has 0 aromatic carbocycles. The average Bonchev–Trinajstić information content (AvgIpc) is 2.47. The first-order valence-corrected chi connectivity index (χ1v) is 7.72. The number of hydrogen-bond acceptors (Lipinski definition) is 4. The lowest BCUT2D eigenvalue weighted by Gasteiger charge is -2.24. The van der Waals surface area contributed by atoms with E-state index in [4.69, 9.17) is 28.9 Å². The lowest BCUT2D eigenvalue weighted by molar-refractivity contribution is 0.460. The molecule has 0 fully saturated rings. The molecule has 4 nitrogen and oxygen atoms in total. The van der Waals surface area contributed by atoms with Gasteiger partial charge in [0.05, 0.1) is 10.0 Å². The molecule has 1 aliphatic rings. The molecule has 0 aliphatic heterocycles. The molecular weight excluding hydrogens is 307 g/mol. The zero-order valence-electron chi connectivity index (χ0n) is 11.7. The second-order valence-electron chi connectivity index (χ2n) is 5.39. The standard InChI is InChI=1S/C15H16Cl2N4/c1-8-11-4-9(6-18)2-3-13(11)21-15(20-8)14-12(17)5-10(16)7-19-14/h5,7,9H,2-4,6,18H2,1H3. The van der Waals surface area contributed by atoms with Crippen LogP contribution in [0.1, 0.15) is 23.4 Å². The number of aryl methyl sites for hydroxylation is 2. The summed E-state index contributed by atoms with van der Waals surface area (Å²) < 4.78 is 0. The minimum atomic E-state index is 0.470. The van der Waals surface area contributed by atoms with Crippen LogP contribution in [0.5, 0.6) is 0 Å². The molecule has 21 heavy (non-hydrogen) atoms. The van der Waals surface area contributed by atoms with Gasteiger partial charge in [-0.25, -0.2) is 15.0 Å². The summed E-state index contributed by atoms with van der Waals surface area (Å²) in [5, 5.41) is 0.974. The second-order valence-corrected chi connectivity index (χ2v) is 6.23. The van der Waals surface area contributed by atoms with Crippen LogP contribution in [0.3, 0.4) is 0 Å². The first kappa shape index (κ1) is 14.7. The molecule has 0 spiro atoms. The van der Waals surface area contributed by atoms with Crippen molar-refractivity contribution in [2.45, 2.75) is 26.2 Å². The van der Waals surface area contributed by atoms with Crippen LogP contribution in [0.25, 0.3) is 11.5 Å². The van der Waals surface area contributed by atoms with Crippen LogP contribution in [0.4, 0.5) is 0 Å². The van der Waals surface area contributed by atoms with Crippen LogP contribution in [0, 0.1) is 12.8 Å². The van der Waals surface area contributed by atoms with Crippen LogP contribution >= 0.6 is 23.2 Å². The summed E-state index contributed by atoms with van der Waals surface area (Å²) >= 11 is 12.1. The Morgan fingerprint density at radius 2 is 2.14 bits per heavy atom. The molecule has 1 aliphatic carbocycles. The fourth-order valence-electron chi connectivity index (χ4n) is 2.75. The van der Waals surface area contributed by atoms with Gasteiger partial charge in [0.15, 0.2) is 5.82 Å². The van der Waals surface area contributed by atoms with Crippen LogP contribution in [0.15, 0.2) is 12.3 Å². The lowest BCUT2D eigenvalue weighted by atomic mass is 9.86. The van der Waals surface area contributed by atoms with Crippen molar-refractivity contribution in [3.63, 3.8) is 0 Å². The molecule has 2 N–H and O–H groups in total. The van der Waals surface area contributed by atoms with Gasteiger partial charge in [-0.1, -0.05) is 23.2 Å². The molecule has 0 amide bonds. The molecule has 3 rings (SSSR count). The van der Waals surface area contributed by atoms with Crippen molar-refractivity contribution in [2.24, 2.45) is 11.7 Å². The molecule has 2 heterocycles. The van der Waals surface area contributed by atoms with Gasteiger partial charge in [-0.2, -0.15) is 0 Å². The summed E-state index contributed by atoms with van der Waals surface area (Å²) in [7, 11) is 0. The van der Waals surface area contributed by atoms with Crippen molar-refractivity contribution in [1.29, 1.82) is 0 Å². The summed E-state index contributed by atoms with van der Waals surface area (Å²) in [5.41, 5.74) is 9.67. The third kappa shape index (κ3) is 2.89. The molecular formula is C15H16Cl2N4. The third-order valence-corrected chi connectivity index (χ3v) is 4.43. The van der Waals surface area contributed by atoms with Gasteiger partial charge in [0.2, 0.25) is 0 Å². The largest absolute Gasteiger partial charge is 0.330 e. The average molecular weight is 323 g/mol. The Kier molecular flexibility index (Phi) is 4.11. The highest BCUT2D eigenvalue weighted by Crippen LogP contribution is 2.30. The SMILES string of the molecule is Cc1nc(-c2ncc(Cl)cc2Cl)nc2c1CC(CN)CC2. The summed E-state index contributed by atoms with van der Waals surface area (Å²) in [4.78, 5) is 13.5. The molecule has 6 heteroatoms. The van der Waals surface area contributed by atoms with E-state index in [0.717, 1.165) is 30.7 Å². The molecule has 0 saturated carbocycles. The van der Waals surface area contributed by atoms with Gasteiger partial charge < -0.3 is 5.73 Å². The lowest BCUT2D eigenvalue weighted by Crippen LogP contribution is -2.24. The van der Waals surface area contributed by atoms with Crippen LogP contribution in [-0.4, -0.2) is 21.5 Å². The third-order valence-electron chi connectivity index (χ3n) is 3.93. The number of aromatic nitrogens is 3. The maximum absolute atomic E-state index is 6.20. The Balaban J connectivity index is 2.04. The van der Waals surface area contributed by atoms with Gasteiger partial charge in [0.25, 0.3) is 0 Å². The van der Waals surface area contributed by atoms with Crippen molar-refractivity contribution >= 4 is 23.2 Å². The fourth-order valence-corrected chi connectivity index (χ4v) is 3.21. The smallest absolute Gasteiger partial charge is 0.180 e. The van der Waals surface area contributed by atoms with Gasteiger partial charge in [0, 0.05) is 17.6 Å². The van der Waals surface area contributed by atoms with E-state index < -0.39 is 0 Å². The maximum atomic E-state index is 6.20. The van der Waals surface area contributed by atoms with Crippen LogP contribution in [-0.2, 0) is 12.8 Å². The topological polar surface area (TPSA) is 64.7 Å². The molecule has 1 atom stereocenters. The summed E-state index contributed by atoms with van der Waals surface area (Å²) in [5.74, 6) is 1.10. The summed E-state index contributed by atoms with van der Waals surface area (Å²) in [6.07, 6.45) is 4.52. The molecule has 0 saturated heterocycles. The monoisotopic (exact) mass is 322 g/mol. The van der Waals surface area contributed by atoms with Crippen molar-refractivity contribution < 1.29 is 0 Å². The summed E-state index contributed by atoms with van der Waals surface area (Å²) in [6.45, 7) is 2.72. The highest BCUT2D eigenvalue weighted by Gasteiger charge is 2.23. The quantitative estimate of drug-likeness (QED) is 0.921. The van der Waals surface area contributed by atoms with E-state index in [2.05, 4.69) is 15.0 Å². The van der Waals surface area contributed by atoms with Crippen molar-refractivity contribution in [3.8, 4) is 11.5 Å². The van der Waals surface area contributed by atoms with E-state index in [1.807, 2.05) is 6.92 Å². The normalized spacial score (nSPS) is 17.6. The Morgan fingerprint density at radius 1 is 1.33 bits per heavy atom. The molecule has 2 aromatic heterocycles. The number of fused-ring (bicyclic) bond motifs is 1. The van der Waals surface area contributed by atoms with Crippen molar-refractivity contribution in [2.75, 3.05) is 6.54 Å². The number of nitrogens with two attached hydrogens (primary N) is 1. The zero-order chi connectivity index (χ0) is 15.0. The Bertz CT molecular complexity index is 688. The van der Waals surface area contributed by atoms with E-state index in [-0.39, 0.29) is 0 Å². The molecule has 0 radical (unpaired) electrons. The van der Waals surface area contributed by atoms with Gasteiger partial charge >= 0.3 is 0 Å². The fraction of sp³-hybridized carbons (Fsp3) is 0.400. The minimum absolute atomic E-state index is 0.470.